The third kappa shape index (κ3) is 3.87. The molecule has 2 aromatic heterocycles. The third-order valence-electron chi connectivity index (χ3n) is 4.89. The van der Waals surface area contributed by atoms with Crippen molar-refractivity contribution in [3.8, 4) is 22.8 Å². The minimum Gasteiger partial charge on any atom is -0.465 e. The van der Waals surface area contributed by atoms with E-state index in [-0.39, 0.29) is 10.5 Å². The normalized spacial score (nSPS) is 11.5. The second-order valence-corrected chi connectivity index (χ2v) is 9.15. The summed E-state index contributed by atoms with van der Waals surface area (Å²) in [6, 6.07) is 10.9. The summed E-state index contributed by atoms with van der Waals surface area (Å²) in [5, 5.41) is 0. The second kappa shape index (κ2) is 7.97. The van der Waals surface area contributed by atoms with Gasteiger partial charge in [-0.05, 0) is 36.4 Å². The van der Waals surface area contributed by atoms with Crippen molar-refractivity contribution in [2.75, 3.05) is 13.4 Å². The highest BCUT2D eigenvalue weighted by Gasteiger charge is 2.18. The molecule has 0 N–H and O–H groups in total. The van der Waals surface area contributed by atoms with Crippen LogP contribution in [0.3, 0.4) is 0 Å². The van der Waals surface area contributed by atoms with E-state index in [9.17, 15) is 18.0 Å². The molecule has 0 atom stereocenters. The molecular weight excluding hydrogens is 434 g/mol. The van der Waals surface area contributed by atoms with Gasteiger partial charge in [0.25, 0.3) is 5.56 Å². The molecule has 2 heterocycles. The van der Waals surface area contributed by atoms with E-state index in [0.717, 1.165) is 6.26 Å². The van der Waals surface area contributed by atoms with Crippen LogP contribution in [0.2, 0.25) is 0 Å². The summed E-state index contributed by atoms with van der Waals surface area (Å²) in [5.41, 5.74) is 1.31. The minimum absolute atomic E-state index is 0.0882. The number of esters is 1. The monoisotopic (exact) mass is 453 g/mol. The molecule has 0 bridgehead atoms. The number of rotatable bonds is 5. The van der Waals surface area contributed by atoms with Gasteiger partial charge in [-0.3, -0.25) is 9.20 Å². The van der Waals surface area contributed by atoms with Crippen LogP contribution in [0.4, 0.5) is 0 Å². The summed E-state index contributed by atoms with van der Waals surface area (Å²) in [6.45, 7) is 0. The highest BCUT2D eigenvalue weighted by molar-refractivity contribution is 7.90. The summed E-state index contributed by atoms with van der Waals surface area (Å²) in [7, 11) is -0.630. The Balaban J connectivity index is 1.93. The molecule has 0 saturated carbocycles. The third-order valence-corrected chi connectivity index (χ3v) is 6.00. The molecule has 4 aromatic rings. The van der Waals surface area contributed by atoms with Crippen molar-refractivity contribution in [1.82, 2.24) is 14.0 Å². The van der Waals surface area contributed by atoms with E-state index in [1.807, 2.05) is 0 Å². The van der Waals surface area contributed by atoms with Crippen LogP contribution in [-0.2, 0) is 21.6 Å². The minimum atomic E-state index is -3.51. The molecule has 0 amide bonds. The van der Waals surface area contributed by atoms with Crippen LogP contribution in [0, 0.1) is 0 Å². The number of nitrogens with zero attached hydrogens (tertiary/aromatic N) is 3. The number of hydrogen-bond donors (Lipinski definition) is 0. The number of aryl methyl sites for hydroxylation is 1. The van der Waals surface area contributed by atoms with Crippen LogP contribution in [0.15, 0.2) is 70.9 Å². The number of carbonyl (C=O) groups excluding carboxylic acids is 1. The Kier molecular flexibility index (Phi) is 5.31. The zero-order chi connectivity index (χ0) is 23.0. The van der Waals surface area contributed by atoms with Gasteiger partial charge in [-0.2, -0.15) is 0 Å². The fourth-order valence-electron chi connectivity index (χ4n) is 3.29. The van der Waals surface area contributed by atoms with Gasteiger partial charge in [0, 0.05) is 25.1 Å². The van der Waals surface area contributed by atoms with E-state index in [2.05, 4.69) is 4.98 Å². The van der Waals surface area contributed by atoms with Crippen molar-refractivity contribution in [1.29, 1.82) is 0 Å². The first-order chi connectivity index (χ1) is 15.2. The van der Waals surface area contributed by atoms with Gasteiger partial charge < -0.3 is 14.0 Å². The second-order valence-electron chi connectivity index (χ2n) is 7.13. The van der Waals surface area contributed by atoms with E-state index >= 15 is 0 Å². The first kappa shape index (κ1) is 21.3. The zero-order valence-corrected chi connectivity index (χ0v) is 18.3. The predicted octanol–water partition coefficient (Wildman–Crippen LogP) is 2.68. The maximum absolute atomic E-state index is 12.4. The van der Waals surface area contributed by atoms with E-state index in [1.54, 1.807) is 35.8 Å². The van der Waals surface area contributed by atoms with Crippen LogP contribution >= 0.6 is 0 Å². The summed E-state index contributed by atoms with van der Waals surface area (Å²) in [6.07, 6.45) is 5.60. The summed E-state index contributed by atoms with van der Waals surface area (Å²) in [4.78, 5) is 28.4. The van der Waals surface area contributed by atoms with E-state index in [1.165, 1.54) is 48.5 Å². The van der Waals surface area contributed by atoms with Crippen molar-refractivity contribution in [2.45, 2.75) is 4.90 Å². The molecule has 0 aliphatic carbocycles. The van der Waals surface area contributed by atoms with E-state index < -0.39 is 15.8 Å². The van der Waals surface area contributed by atoms with E-state index in [0.29, 0.717) is 33.8 Å². The number of carbonyl (C=O) groups is 1. The molecule has 164 valence electrons. The molecule has 10 heteroatoms. The van der Waals surface area contributed by atoms with Gasteiger partial charge in [0.2, 0.25) is 0 Å². The van der Waals surface area contributed by atoms with Gasteiger partial charge >= 0.3 is 5.97 Å². The molecule has 2 aromatic carbocycles. The molecule has 32 heavy (non-hydrogen) atoms. The van der Waals surface area contributed by atoms with Gasteiger partial charge in [0.15, 0.2) is 9.84 Å². The quantitative estimate of drug-likeness (QED) is 0.427. The average Bonchev–Trinajstić information content (AvgIpc) is 3.26. The SMILES string of the molecule is COC(=O)c1cccc(Oc2ccc(S(C)(=O)=O)cc2-c2cn(C)c(=O)c3cncn23)c1. The Hall–Kier alpha value is -3.92. The van der Waals surface area contributed by atoms with Crippen molar-refractivity contribution >= 4 is 21.3 Å². The van der Waals surface area contributed by atoms with Gasteiger partial charge in [0.05, 0.1) is 35.8 Å². The Morgan fingerprint density at radius 2 is 1.91 bits per heavy atom. The molecular formula is C22H19N3O6S. The van der Waals surface area contributed by atoms with Crippen LogP contribution in [0.5, 0.6) is 11.5 Å². The van der Waals surface area contributed by atoms with Gasteiger partial charge in [-0.25, -0.2) is 18.2 Å². The van der Waals surface area contributed by atoms with Crippen molar-refractivity contribution in [2.24, 2.45) is 7.05 Å². The number of ether oxygens (including phenoxy) is 2. The molecule has 0 aliphatic rings. The standard InChI is InChI=1S/C22H19N3O6S/c1-24-12-19(25-13-23-11-18(25)21(24)26)17-10-16(32(3,28)29)7-8-20(17)31-15-6-4-5-14(9-15)22(27)30-2/h4-13H,1-3H3. The van der Waals surface area contributed by atoms with Crippen LogP contribution in [-0.4, -0.2) is 41.7 Å². The topological polar surface area (TPSA) is 109 Å². The van der Waals surface area contributed by atoms with Crippen molar-refractivity contribution in [3.63, 3.8) is 0 Å². The van der Waals surface area contributed by atoms with E-state index in [4.69, 9.17) is 9.47 Å². The largest absolute Gasteiger partial charge is 0.465 e. The van der Waals surface area contributed by atoms with Crippen LogP contribution in [0.1, 0.15) is 10.4 Å². The summed E-state index contributed by atoms with van der Waals surface area (Å²) in [5.74, 6) is 0.169. The number of hydrogen-bond acceptors (Lipinski definition) is 7. The highest BCUT2D eigenvalue weighted by Crippen LogP contribution is 2.35. The highest BCUT2D eigenvalue weighted by atomic mass is 32.2. The molecule has 0 aliphatic heterocycles. The number of aromatic nitrogens is 3. The van der Waals surface area contributed by atoms with Crippen molar-refractivity contribution in [3.05, 3.63) is 77.1 Å². The molecule has 0 radical (unpaired) electrons. The molecule has 0 spiro atoms. The van der Waals surface area contributed by atoms with Crippen LogP contribution in [0.25, 0.3) is 16.8 Å². The summed E-state index contributed by atoms with van der Waals surface area (Å²) >= 11 is 0. The zero-order valence-electron chi connectivity index (χ0n) is 17.5. The lowest BCUT2D eigenvalue weighted by Gasteiger charge is -2.15. The van der Waals surface area contributed by atoms with Crippen LogP contribution < -0.4 is 10.3 Å². The van der Waals surface area contributed by atoms with Gasteiger partial charge in [-0.1, -0.05) is 6.07 Å². The number of imidazole rings is 1. The molecule has 4 rings (SSSR count). The number of sulfone groups is 1. The fourth-order valence-corrected chi connectivity index (χ4v) is 3.94. The smallest absolute Gasteiger partial charge is 0.337 e. The number of fused-ring (bicyclic) bond motifs is 1. The Bertz CT molecular complexity index is 1520. The molecule has 0 saturated heterocycles. The van der Waals surface area contributed by atoms with Gasteiger partial charge in [-0.15, -0.1) is 0 Å². The number of benzene rings is 2. The Labute approximate surface area is 183 Å². The first-order valence-corrected chi connectivity index (χ1v) is 11.3. The maximum atomic E-state index is 12.4. The predicted molar refractivity (Wildman–Crippen MR) is 117 cm³/mol. The number of methoxy groups -OCH3 is 1. The maximum Gasteiger partial charge on any atom is 0.337 e. The fraction of sp³-hybridized carbons (Fsp3) is 0.136. The van der Waals surface area contributed by atoms with Crippen molar-refractivity contribution < 1.29 is 22.7 Å². The molecule has 0 fully saturated rings. The Morgan fingerprint density at radius 3 is 2.62 bits per heavy atom. The lowest BCUT2D eigenvalue weighted by Crippen LogP contribution is -2.19. The first-order valence-electron chi connectivity index (χ1n) is 9.41. The Morgan fingerprint density at radius 1 is 1.12 bits per heavy atom. The molecule has 0 unspecified atom stereocenters. The lowest BCUT2D eigenvalue weighted by atomic mass is 10.1. The molecule has 9 nitrogen and oxygen atoms in total. The van der Waals surface area contributed by atoms with Gasteiger partial charge in [0.1, 0.15) is 17.0 Å². The summed E-state index contributed by atoms with van der Waals surface area (Å²) < 4.78 is 38.2. The lowest BCUT2D eigenvalue weighted by molar-refractivity contribution is 0.0600. The average molecular weight is 453 g/mol.